The Balaban J connectivity index is 3.37. The molecular weight excluding hydrogens is 804 g/mol. The second-order valence-electron chi connectivity index (χ2n) is 9.52. The molecule has 1 atom stereocenters. The molecule has 0 bridgehead atoms. The first-order valence-corrected chi connectivity index (χ1v) is 13.0. The number of amides is 5. The Morgan fingerprint density at radius 1 is 0.630 bits per heavy atom. The standard InChI is InChI=1S/C22H19F17IN3O3/c1-3-5-41-9-12(44)42(6-4-2)14(46)43(13(41)45)8-11(40)7-15(23,24)16(25,26)10-17(27,28)18(29,30)19(31,32)20(33,34)21(35,36)22(37,38)39/h3-4,11H,1-2,5-10H2. The smallest absolute Gasteiger partial charge is 0.311 e. The molecular formula is C22H19F17IN3O3. The van der Waals surface area contributed by atoms with E-state index in [1.807, 2.05) is 0 Å². The van der Waals surface area contributed by atoms with Crippen molar-refractivity contribution in [2.75, 3.05) is 26.2 Å². The Labute approximate surface area is 260 Å². The number of hydrogen-bond donors (Lipinski definition) is 0. The molecule has 0 aromatic heterocycles. The van der Waals surface area contributed by atoms with E-state index in [-0.39, 0.29) is 4.90 Å². The highest BCUT2D eigenvalue weighted by molar-refractivity contribution is 14.1. The van der Waals surface area contributed by atoms with E-state index in [1.54, 1.807) is 0 Å². The molecule has 0 aromatic carbocycles. The molecule has 1 fully saturated rings. The molecule has 266 valence electrons. The summed E-state index contributed by atoms with van der Waals surface area (Å²) in [5.74, 6) is -54.5. The first-order chi connectivity index (χ1) is 20.3. The molecule has 0 radical (unpaired) electrons. The topological polar surface area (TPSA) is 60.9 Å². The predicted octanol–water partition coefficient (Wildman–Crippen LogP) is 7.64. The zero-order chi connectivity index (χ0) is 36.7. The van der Waals surface area contributed by atoms with Crippen LogP contribution in [0.3, 0.4) is 0 Å². The average Bonchev–Trinajstić information content (AvgIpc) is 2.93. The molecule has 0 aromatic rings. The summed E-state index contributed by atoms with van der Waals surface area (Å²) in [4.78, 5) is 38.8. The number of nitrogens with zero attached hydrogens (tertiary/aromatic N) is 3. The lowest BCUT2D eigenvalue weighted by molar-refractivity contribution is -0.443. The van der Waals surface area contributed by atoms with Gasteiger partial charge in [-0.05, 0) is 0 Å². The number of halogens is 18. The van der Waals surface area contributed by atoms with Crippen molar-refractivity contribution in [1.82, 2.24) is 14.7 Å². The van der Waals surface area contributed by atoms with Crippen LogP contribution in [0.1, 0.15) is 12.8 Å². The average molecular weight is 823 g/mol. The number of imide groups is 2. The third-order valence-corrected chi connectivity index (χ3v) is 6.92. The van der Waals surface area contributed by atoms with Gasteiger partial charge in [0.15, 0.2) is 0 Å². The maximum Gasteiger partial charge on any atom is 0.460 e. The van der Waals surface area contributed by atoms with Crippen molar-refractivity contribution in [3.05, 3.63) is 25.3 Å². The summed E-state index contributed by atoms with van der Waals surface area (Å²) in [6, 6.07) is -2.92. The van der Waals surface area contributed by atoms with Crippen LogP contribution in [0.15, 0.2) is 25.3 Å². The Hall–Kier alpha value is -2.57. The summed E-state index contributed by atoms with van der Waals surface area (Å²) >= 11 is 0.830. The fourth-order valence-corrected chi connectivity index (χ4v) is 4.54. The lowest BCUT2D eigenvalue weighted by Gasteiger charge is -2.41. The monoisotopic (exact) mass is 823 g/mol. The van der Waals surface area contributed by atoms with E-state index >= 15 is 0 Å². The second kappa shape index (κ2) is 13.1. The lowest BCUT2D eigenvalue weighted by Crippen LogP contribution is -2.70. The van der Waals surface area contributed by atoms with Gasteiger partial charge in [0, 0.05) is 30.0 Å². The molecule has 6 nitrogen and oxygen atoms in total. The fourth-order valence-electron chi connectivity index (χ4n) is 3.60. The van der Waals surface area contributed by atoms with Gasteiger partial charge in [0.1, 0.15) is 6.54 Å². The van der Waals surface area contributed by atoms with Crippen molar-refractivity contribution in [3.8, 4) is 0 Å². The molecule has 5 amide bonds. The number of carbonyl (C=O) groups excluding carboxylic acids is 3. The molecule has 0 N–H and O–H groups in total. The van der Waals surface area contributed by atoms with Crippen molar-refractivity contribution in [2.45, 2.75) is 64.4 Å². The minimum Gasteiger partial charge on any atom is -0.311 e. The highest BCUT2D eigenvalue weighted by atomic mass is 127. The highest BCUT2D eigenvalue weighted by Crippen LogP contribution is 2.62. The maximum atomic E-state index is 14.5. The molecule has 1 aliphatic heterocycles. The number of urea groups is 2. The van der Waals surface area contributed by atoms with Crippen molar-refractivity contribution in [1.29, 1.82) is 0 Å². The van der Waals surface area contributed by atoms with Crippen LogP contribution in [0.4, 0.5) is 84.2 Å². The van der Waals surface area contributed by atoms with Crippen LogP contribution in [0.25, 0.3) is 0 Å². The zero-order valence-electron chi connectivity index (χ0n) is 22.3. The van der Waals surface area contributed by atoms with Gasteiger partial charge in [-0.2, -0.15) is 74.6 Å². The molecule has 0 spiro atoms. The summed E-state index contributed by atoms with van der Waals surface area (Å²) < 4.78 is 228. The first-order valence-electron chi connectivity index (χ1n) is 11.8. The zero-order valence-corrected chi connectivity index (χ0v) is 24.4. The molecule has 1 heterocycles. The van der Waals surface area contributed by atoms with Gasteiger partial charge in [-0.15, -0.1) is 13.2 Å². The van der Waals surface area contributed by atoms with Gasteiger partial charge in [-0.25, -0.2) is 14.5 Å². The maximum absolute atomic E-state index is 14.5. The number of alkyl halides is 18. The normalized spacial score (nSPS) is 17.8. The van der Waals surface area contributed by atoms with E-state index in [1.165, 1.54) is 0 Å². The van der Waals surface area contributed by atoms with Crippen molar-refractivity contribution >= 4 is 40.6 Å². The summed E-state index contributed by atoms with van der Waals surface area (Å²) in [5.41, 5.74) is 0. The Morgan fingerprint density at radius 3 is 1.52 bits per heavy atom. The lowest BCUT2D eigenvalue weighted by atomic mass is 9.89. The van der Waals surface area contributed by atoms with Crippen LogP contribution in [0.5, 0.6) is 0 Å². The Bertz CT molecular complexity index is 1190. The quantitative estimate of drug-likeness (QED) is 0.0739. The number of rotatable bonds is 15. The van der Waals surface area contributed by atoms with E-state index in [9.17, 15) is 89.0 Å². The molecule has 1 unspecified atom stereocenters. The van der Waals surface area contributed by atoms with Crippen molar-refractivity contribution in [3.63, 3.8) is 0 Å². The van der Waals surface area contributed by atoms with Crippen LogP contribution in [0.2, 0.25) is 0 Å². The summed E-state index contributed by atoms with van der Waals surface area (Å²) in [6.07, 6.45) is -12.7. The predicted molar refractivity (Wildman–Crippen MR) is 129 cm³/mol. The van der Waals surface area contributed by atoms with Crippen molar-refractivity contribution < 1.29 is 89.0 Å². The Kier molecular flexibility index (Phi) is 11.8. The van der Waals surface area contributed by atoms with Crippen LogP contribution in [0, 0.1) is 0 Å². The third kappa shape index (κ3) is 7.28. The van der Waals surface area contributed by atoms with Gasteiger partial charge in [0.25, 0.3) is 5.91 Å². The van der Waals surface area contributed by atoms with Gasteiger partial charge < -0.3 is 4.90 Å². The van der Waals surface area contributed by atoms with E-state index in [4.69, 9.17) is 0 Å². The summed E-state index contributed by atoms with van der Waals surface area (Å²) in [6.45, 7) is 3.34. The number of carbonyl (C=O) groups is 3. The molecule has 1 saturated heterocycles. The third-order valence-electron chi connectivity index (χ3n) is 6.09. The molecule has 46 heavy (non-hydrogen) atoms. The van der Waals surface area contributed by atoms with E-state index in [0.29, 0.717) is 9.80 Å². The van der Waals surface area contributed by atoms with Crippen LogP contribution in [-0.4, -0.2) is 110 Å². The largest absolute Gasteiger partial charge is 0.460 e. The minimum absolute atomic E-state index is 0.0510. The van der Waals surface area contributed by atoms with Gasteiger partial charge in [-0.3, -0.25) is 9.69 Å². The van der Waals surface area contributed by atoms with Crippen LogP contribution in [-0.2, 0) is 4.79 Å². The highest BCUT2D eigenvalue weighted by Gasteiger charge is 2.91. The van der Waals surface area contributed by atoms with E-state index < -0.39 is 109 Å². The van der Waals surface area contributed by atoms with Crippen LogP contribution >= 0.6 is 22.6 Å². The summed E-state index contributed by atoms with van der Waals surface area (Å²) in [7, 11) is 0. The molecule has 24 heteroatoms. The fraction of sp³-hybridized carbons (Fsp3) is 0.682. The first kappa shape index (κ1) is 41.5. The van der Waals surface area contributed by atoms with Gasteiger partial charge >= 0.3 is 59.7 Å². The molecule has 0 aliphatic carbocycles. The van der Waals surface area contributed by atoms with Gasteiger partial charge in [0.2, 0.25) is 0 Å². The molecule has 1 aliphatic rings. The van der Waals surface area contributed by atoms with E-state index in [0.717, 1.165) is 34.7 Å². The summed E-state index contributed by atoms with van der Waals surface area (Å²) in [5, 5.41) is 0. The SMILES string of the molecule is C=CCN1CC(=O)N(CC=C)C(=O)N(CC(I)CC(F)(F)C(F)(F)CC(F)(F)C(F)(F)C(F)(F)C(F)(F)C(F)(F)C(F)(F)F)C1=O. The molecule has 0 saturated carbocycles. The van der Waals surface area contributed by atoms with Crippen LogP contribution < -0.4 is 0 Å². The van der Waals surface area contributed by atoms with E-state index in [2.05, 4.69) is 13.2 Å². The van der Waals surface area contributed by atoms with Crippen molar-refractivity contribution in [2.24, 2.45) is 0 Å². The van der Waals surface area contributed by atoms with Gasteiger partial charge in [0.05, 0.1) is 6.42 Å². The molecule has 1 rings (SSSR count). The Morgan fingerprint density at radius 2 is 1.09 bits per heavy atom. The van der Waals surface area contributed by atoms with Gasteiger partial charge in [-0.1, -0.05) is 34.7 Å². The number of hydrogen-bond acceptors (Lipinski definition) is 3. The minimum atomic E-state index is -8.47. The second-order valence-corrected chi connectivity index (χ2v) is 11.3.